The Morgan fingerprint density at radius 3 is 2.00 bits per heavy atom. The van der Waals surface area contributed by atoms with Crippen molar-refractivity contribution >= 4 is 0 Å². The number of hydrogen-bond acceptors (Lipinski definition) is 0. The van der Waals surface area contributed by atoms with Crippen LogP contribution in [0, 0.1) is 13.8 Å². The Hall–Kier alpha value is -2.08. The lowest BCUT2D eigenvalue weighted by Gasteiger charge is -2.22. The maximum atomic E-state index is 2.34. The minimum absolute atomic E-state index is 0.379. The Morgan fingerprint density at radius 1 is 0.909 bits per heavy atom. The Morgan fingerprint density at radius 2 is 1.50 bits per heavy atom. The first-order valence-corrected chi connectivity index (χ1v) is 8.20. The van der Waals surface area contributed by atoms with Crippen LogP contribution in [0.3, 0.4) is 0 Å². The van der Waals surface area contributed by atoms with Gasteiger partial charge in [-0.15, -0.1) is 0 Å². The molecule has 0 atom stereocenters. The summed E-state index contributed by atoms with van der Waals surface area (Å²) in [6.07, 6.45) is 6.82. The molecule has 1 aliphatic rings. The van der Waals surface area contributed by atoms with E-state index in [2.05, 4.69) is 81.5 Å². The molecule has 0 heterocycles. The summed E-state index contributed by atoms with van der Waals surface area (Å²) in [7, 11) is 0. The van der Waals surface area contributed by atoms with E-state index in [4.69, 9.17) is 0 Å². The van der Waals surface area contributed by atoms with Gasteiger partial charge in [0.25, 0.3) is 0 Å². The van der Waals surface area contributed by atoms with Crippen LogP contribution in [0.1, 0.15) is 47.9 Å². The molecular weight excluding hydrogens is 264 g/mol. The Labute approximate surface area is 134 Å². The number of allylic oxidation sites excluding steroid dienone is 4. The lowest BCUT2D eigenvalue weighted by molar-refractivity contribution is 0.891. The zero-order valence-corrected chi connectivity index (χ0v) is 13.8. The third-order valence-electron chi connectivity index (χ3n) is 4.55. The number of hydrogen-bond donors (Lipinski definition) is 0. The molecule has 0 spiro atoms. The van der Waals surface area contributed by atoms with Crippen molar-refractivity contribution in [2.24, 2.45) is 0 Å². The Kier molecular flexibility index (Phi) is 4.29. The molecular formula is C22H24. The molecule has 0 aliphatic heterocycles. The van der Waals surface area contributed by atoms with Gasteiger partial charge in [-0.1, -0.05) is 84.3 Å². The van der Waals surface area contributed by atoms with Crippen LogP contribution in [0.4, 0.5) is 0 Å². The molecule has 112 valence electrons. The Balaban J connectivity index is 2.15. The van der Waals surface area contributed by atoms with Crippen LogP contribution in [0.15, 0.2) is 71.8 Å². The molecule has 2 aromatic carbocycles. The Bertz CT molecular complexity index is 686. The predicted octanol–water partition coefficient (Wildman–Crippen LogP) is 6.10. The highest BCUT2D eigenvalue weighted by Gasteiger charge is 2.22. The van der Waals surface area contributed by atoms with E-state index in [-0.39, 0.29) is 0 Å². The van der Waals surface area contributed by atoms with Gasteiger partial charge in [0.15, 0.2) is 0 Å². The third-order valence-corrected chi connectivity index (χ3v) is 4.55. The molecule has 0 bridgehead atoms. The lowest BCUT2D eigenvalue weighted by Crippen LogP contribution is -2.06. The smallest absolute Gasteiger partial charge is 0.0308 e. The van der Waals surface area contributed by atoms with Gasteiger partial charge in [0.05, 0.1) is 0 Å². The fourth-order valence-corrected chi connectivity index (χ4v) is 3.51. The first-order valence-electron chi connectivity index (χ1n) is 8.20. The van der Waals surface area contributed by atoms with Crippen LogP contribution < -0.4 is 0 Å². The molecule has 0 fully saturated rings. The molecule has 0 heteroatoms. The van der Waals surface area contributed by atoms with E-state index in [0.717, 1.165) is 12.8 Å². The molecule has 0 unspecified atom stereocenters. The van der Waals surface area contributed by atoms with Crippen LogP contribution >= 0.6 is 0 Å². The average Bonchev–Trinajstić information content (AvgIpc) is 2.96. The van der Waals surface area contributed by atoms with Crippen molar-refractivity contribution in [2.45, 2.75) is 39.5 Å². The molecule has 3 rings (SSSR count). The summed E-state index contributed by atoms with van der Waals surface area (Å²) in [4.78, 5) is 0. The predicted molar refractivity (Wildman–Crippen MR) is 95.3 cm³/mol. The van der Waals surface area contributed by atoms with Crippen molar-refractivity contribution in [1.29, 1.82) is 0 Å². The molecule has 1 aliphatic carbocycles. The molecule has 0 saturated carbocycles. The summed E-state index contributed by atoms with van der Waals surface area (Å²) in [5.41, 5.74) is 8.57. The van der Waals surface area contributed by atoms with Gasteiger partial charge in [-0.3, -0.25) is 0 Å². The van der Waals surface area contributed by atoms with Gasteiger partial charge in [0.2, 0.25) is 0 Å². The molecule has 22 heavy (non-hydrogen) atoms. The summed E-state index contributed by atoms with van der Waals surface area (Å²) >= 11 is 0. The highest BCUT2D eigenvalue weighted by molar-refractivity contribution is 5.49. The maximum absolute atomic E-state index is 2.34. The summed E-state index contributed by atoms with van der Waals surface area (Å²) in [6, 6.07) is 18.0. The van der Waals surface area contributed by atoms with Gasteiger partial charge < -0.3 is 0 Å². The van der Waals surface area contributed by atoms with E-state index >= 15 is 0 Å². The second kappa shape index (κ2) is 6.36. The molecule has 0 N–H and O–H groups in total. The maximum Gasteiger partial charge on any atom is 0.0308 e. The van der Waals surface area contributed by atoms with E-state index in [0.29, 0.717) is 5.92 Å². The van der Waals surface area contributed by atoms with Gasteiger partial charge in [-0.05, 0) is 43.4 Å². The van der Waals surface area contributed by atoms with Crippen LogP contribution in [0.5, 0.6) is 0 Å². The first kappa shape index (κ1) is 14.8. The molecule has 0 nitrogen and oxygen atoms in total. The topological polar surface area (TPSA) is 0 Å². The monoisotopic (exact) mass is 288 g/mol. The van der Waals surface area contributed by atoms with E-state index in [1.165, 1.54) is 27.8 Å². The van der Waals surface area contributed by atoms with Crippen molar-refractivity contribution in [3.8, 4) is 0 Å². The molecule has 0 aromatic heterocycles. The largest absolute Gasteiger partial charge is 0.0801 e. The highest BCUT2D eigenvalue weighted by Crippen LogP contribution is 2.39. The summed E-state index contributed by atoms with van der Waals surface area (Å²) in [5.74, 6) is 0.379. The van der Waals surface area contributed by atoms with Gasteiger partial charge in [0, 0.05) is 5.92 Å². The lowest BCUT2D eigenvalue weighted by atomic mass is 9.81. The molecule has 2 aromatic rings. The summed E-state index contributed by atoms with van der Waals surface area (Å²) in [6.45, 7) is 6.62. The normalized spacial score (nSPS) is 14.2. The fourth-order valence-electron chi connectivity index (χ4n) is 3.51. The minimum Gasteiger partial charge on any atom is -0.0801 e. The minimum atomic E-state index is 0.379. The second-order valence-corrected chi connectivity index (χ2v) is 6.27. The molecule has 0 amide bonds. The number of benzene rings is 2. The average molecular weight is 288 g/mol. The van der Waals surface area contributed by atoms with Crippen molar-refractivity contribution in [1.82, 2.24) is 0 Å². The fraction of sp³-hybridized carbons (Fsp3) is 0.273. The van der Waals surface area contributed by atoms with Gasteiger partial charge >= 0.3 is 0 Å². The van der Waals surface area contributed by atoms with Crippen molar-refractivity contribution in [3.63, 3.8) is 0 Å². The SMILES string of the molecule is CCC1=C(C(c2cccc(C)c2)c2cccc(C)c2)CC=C1. The van der Waals surface area contributed by atoms with E-state index in [1.54, 1.807) is 5.57 Å². The van der Waals surface area contributed by atoms with Crippen molar-refractivity contribution in [3.05, 3.63) is 94.1 Å². The van der Waals surface area contributed by atoms with E-state index in [9.17, 15) is 0 Å². The van der Waals surface area contributed by atoms with Crippen LogP contribution in [0.2, 0.25) is 0 Å². The molecule has 0 saturated heterocycles. The third kappa shape index (κ3) is 2.92. The first-order chi connectivity index (χ1) is 10.7. The van der Waals surface area contributed by atoms with Crippen LogP contribution in [-0.4, -0.2) is 0 Å². The zero-order valence-electron chi connectivity index (χ0n) is 13.8. The van der Waals surface area contributed by atoms with E-state index in [1.807, 2.05) is 0 Å². The van der Waals surface area contributed by atoms with Crippen LogP contribution in [0.25, 0.3) is 0 Å². The highest BCUT2D eigenvalue weighted by atomic mass is 14.3. The number of aryl methyl sites for hydroxylation is 2. The second-order valence-electron chi connectivity index (χ2n) is 6.27. The summed E-state index contributed by atoms with van der Waals surface area (Å²) < 4.78 is 0. The quantitative estimate of drug-likeness (QED) is 0.637. The van der Waals surface area contributed by atoms with E-state index < -0.39 is 0 Å². The van der Waals surface area contributed by atoms with Crippen molar-refractivity contribution in [2.75, 3.05) is 0 Å². The standard InChI is InChI=1S/C22H24/c1-4-18-10-7-13-21(18)22(19-11-5-8-16(2)14-19)20-12-6-9-17(3)15-20/h5-12,14-15,22H,4,13H2,1-3H3. The van der Waals surface area contributed by atoms with Gasteiger partial charge in [-0.2, -0.15) is 0 Å². The van der Waals surface area contributed by atoms with Gasteiger partial charge in [-0.25, -0.2) is 0 Å². The van der Waals surface area contributed by atoms with Crippen molar-refractivity contribution < 1.29 is 0 Å². The summed E-state index contributed by atoms with van der Waals surface area (Å²) in [5, 5.41) is 0. The zero-order chi connectivity index (χ0) is 15.5. The van der Waals surface area contributed by atoms with Crippen LogP contribution in [-0.2, 0) is 0 Å². The molecule has 0 radical (unpaired) electrons. The van der Waals surface area contributed by atoms with Gasteiger partial charge in [0.1, 0.15) is 0 Å². The number of rotatable bonds is 4.